The lowest BCUT2D eigenvalue weighted by Crippen LogP contribution is -2.51. The first-order valence-corrected chi connectivity index (χ1v) is 10.9. The first-order chi connectivity index (χ1) is 15.6. The van der Waals surface area contributed by atoms with E-state index in [-0.39, 0.29) is 11.9 Å². The molecule has 0 saturated carbocycles. The van der Waals surface area contributed by atoms with Crippen LogP contribution in [0, 0.1) is 24.2 Å². The highest BCUT2D eigenvalue weighted by molar-refractivity contribution is 6.00. The van der Waals surface area contributed by atoms with Crippen molar-refractivity contribution in [2.45, 2.75) is 32.7 Å². The molecule has 3 aromatic rings. The Balaban J connectivity index is 1.60. The molecular formula is C25H26N6O. The predicted octanol–water partition coefficient (Wildman–Crippen LogP) is 4.07. The van der Waals surface area contributed by atoms with Crippen LogP contribution in [0.25, 0.3) is 11.4 Å². The second kappa shape index (κ2) is 9.56. The first kappa shape index (κ1) is 21.4. The smallest absolute Gasteiger partial charge is 0.254 e. The average Bonchev–Trinajstić information content (AvgIpc) is 2.83. The van der Waals surface area contributed by atoms with E-state index in [1.54, 1.807) is 36.8 Å². The Bertz CT molecular complexity index is 1120. The van der Waals surface area contributed by atoms with Crippen LogP contribution in [0.1, 0.15) is 41.3 Å². The summed E-state index contributed by atoms with van der Waals surface area (Å²) in [7, 11) is 0. The predicted molar refractivity (Wildman–Crippen MR) is 123 cm³/mol. The fraction of sp³-hybridized carbons (Fsp3) is 0.320. The molecule has 7 heteroatoms. The van der Waals surface area contributed by atoms with E-state index >= 15 is 0 Å². The Morgan fingerprint density at radius 1 is 1.22 bits per heavy atom. The molecule has 4 rings (SSSR count). The Labute approximate surface area is 188 Å². The third-order valence-corrected chi connectivity index (χ3v) is 5.97. The number of rotatable bonds is 5. The lowest BCUT2D eigenvalue weighted by atomic mass is 9.89. The number of carbonyl (C=O) groups excluding carboxylic acids is 1. The van der Waals surface area contributed by atoms with E-state index in [1.165, 1.54) is 0 Å². The molecule has 3 heterocycles. The standard InChI is InChI=1S/C25H26N6O/c1-17-6-8-20(24-27-10-4-11-28-24)21(13-17)25(32)31-12-3-5-18(2)22(31)16-30-23-9-7-19(14-26)15-29-23/h4,6-11,13,15,18,22H,3,5,12,16H2,1-2H3,(H,29,30)/t18-,22?/m1/s1. The SMILES string of the molecule is Cc1ccc(-c2ncccn2)c(C(=O)N2CCC[C@@H](C)C2CNc2ccc(C#N)cn2)c1. The van der Waals surface area contributed by atoms with E-state index in [1.807, 2.05) is 30.0 Å². The summed E-state index contributed by atoms with van der Waals surface area (Å²) in [5.41, 5.74) is 2.93. The van der Waals surface area contributed by atoms with Crippen molar-refractivity contribution in [1.29, 1.82) is 5.26 Å². The monoisotopic (exact) mass is 426 g/mol. The summed E-state index contributed by atoms with van der Waals surface area (Å²) in [4.78, 5) is 28.8. The Morgan fingerprint density at radius 3 is 2.75 bits per heavy atom. The van der Waals surface area contributed by atoms with Gasteiger partial charge in [-0.1, -0.05) is 24.6 Å². The maximum atomic E-state index is 13.8. The Hall–Kier alpha value is -3.79. The zero-order chi connectivity index (χ0) is 22.5. The molecule has 0 spiro atoms. The van der Waals surface area contributed by atoms with Crippen molar-refractivity contribution in [2.75, 3.05) is 18.4 Å². The number of nitriles is 1. The van der Waals surface area contributed by atoms with Crippen LogP contribution in [-0.2, 0) is 0 Å². The van der Waals surface area contributed by atoms with Gasteiger partial charge in [0.25, 0.3) is 5.91 Å². The highest BCUT2D eigenvalue weighted by Crippen LogP contribution is 2.29. The van der Waals surface area contributed by atoms with Crippen LogP contribution in [0.5, 0.6) is 0 Å². The van der Waals surface area contributed by atoms with Crippen LogP contribution in [0.2, 0.25) is 0 Å². The number of hydrogen-bond acceptors (Lipinski definition) is 6. The largest absolute Gasteiger partial charge is 0.368 e. The van der Waals surface area contributed by atoms with Gasteiger partial charge in [0.05, 0.1) is 17.2 Å². The van der Waals surface area contributed by atoms with Crippen LogP contribution in [0.3, 0.4) is 0 Å². The van der Waals surface area contributed by atoms with Crippen LogP contribution in [-0.4, -0.2) is 44.9 Å². The number of aryl methyl sites for hydroxylation is 1. The molecule has 1 aliphatic heterocycles. The van der Waals surface area contributed by atoms with E-state index < -0.39 is 0 Å². The normalized spacial score (nSPS) is 18.1. The van der Waals surface area contributed by atoms with Gasteiger partial charge in [-0.2, -0.15) is 5.26 Å². The van der Waals surface area contributed by atoms with Crippen molar-refractivity contribution < 1.29 is 4.79 Å². The number of anilines is 1. The van der Waals surface area contributed by atoms with Gasteiger partial charge >= 0.3 is 0 Å². The number of piperidine rings is 1. The zero-order valence-electron chi connectivity index (χ0n) is 18.3. The van der Waals surface area contributed by atoms with Crippen LogP contribution < -0.4 is 5.32 Å². The minimum atomic E-state index is 0.00212. The van der Waals surface area contributed by atoms with E-state index in [9.17, 15) is 4.79 Å². The number of nitrogens with zero attached hydrogens (tertiary/aromatic N) is 5. The van der Waals surface area contributed by atoms with E-state index in [0.717, 1.165) is 24.0 Å². The lowest BCUT2D eigenvalue weighted by Gasteiger charge is -2.40. The molecule has 1 N–H and O–H groups in total. The summed E-state index contributed by atoms with van der Waals surface area (Å²) in [6, 6.07) is 13.2. The molecule has 2 atom stereocenters. The number of hydrogen-bond donors (Lipinski definition) is 1. The average molecular weight is 427 g/mol. The Morgan fingerprint density at radius 2 is 2.03 bits per heavy atom. The van der Waals surface area contributed by atoms with E-state index in [0.29, 0.717) is 41.8 Å². The molecule has 1 aliphatic rings. The molecule has 1 saturated heterocycles. The van der Waals surface area contributed by atoms with Gasteiger partial charge in [-0.3, -0.25) is 4.79 Å². The molecule has 1 unspecified atom stereocenters. The number of aromatic nitrogens is 3. The lowest BCUT2D eigenvalue weighted by molar-refractivity contribution is 0.0540. The van der Waals surface area contributed by atoms with Gasteiger partial charge in [-0.15, -0.1) is 0 Å². The van der Waals surface area contributed by atoms with Crippen molar-refractivity contribution >= 4 is 11.7 Å². The van der Waals surface area contributed by atoms with Crippen molar-refractivity contribution in [3.63, 3.8) is 0 Å². The molecule has 1 fully saturated rings. The quantitative estimate of drug-likeness (QED) is 0.661. The number of likely N-dealkylation sites (tertiary alicyclic amines) is 1. The molecule has 7 nitrogen and oxygen atoms in total. The highest BCUT2D eigenvalue weighted by Gasteiger charge is 2.33. The molecule has 162 valence electrons. The summed E-state index contributed by atoms with van der Waals surface area (Å²) in [6.45, 7) is 5.48. The molecule has 0 radical (unpaired) electrons. The van der Waals surface area contributed by atoms with Crippen molar-refractivity contribution in [1.82, 2.24) is 19.9 Å². The molecule has 32 heavy (non-hydrogen) atoms. The van der Waals surface area contributed by atoms with Gasteiger partial charge < -0.3 is 10.2 Å². The second-order valence-electron chi connectivity index (χ2n) is 8.23. The van der Waals surface area contributed by atoms with Gasteiger partial charge in [0.15, 0.2) is 5.82 Å². The first-order valence-electron chi connectivity index (χ1n) is 10.9. The topological polar surface area (TPSA) is 94.8 Å². The second-order valence-corrected chi connectivity index (χ2v) is 8.23. The molecule has 0 aliphatic carbocycles. The van der Waals surface area contributed by atoms with Crippen LogP contribution in [0.4, 0.5) is 5.82 Å². The molecule has 2 aromatic heterocycles. The van der Waals surface area contributed by atoms with E-state index in [4.69, 9.17) is 5.26 Å². The van der Waals surface area contributed by atoms with Gasteiger partial charge in [-0.05, 0) is 49.9 Å². The Kier molecular flexibility index (Phi) is 6.41. The summed E-state index contributed by atoms with van der Waals surface area (Å²) in [5, 5.41) is 12.3. The summed E-state index contributed by atoms with van der Waals surface area (Å²) in [5.74, 6) is 1.60. The third kappa shape index (κ3) is 4.59. The molecular weight excluding hydrogens is 400 g/mol. The van der Waals surface area contributed by atoms with Crippen LogP contribution in [0.15, 0.2) is 55.0 Å². The minimum absolute atomic E-state index is 0.00212. The van der Waals surface area contributed by atoms with Crippen molar-refractivity contribution in [2.24, 2.45) is 5.92 Å². The van der Waals surface area contributed by atoms with Gasteiger partial charge in [0.2, 0.25) is 0 Å². The zero-order valence-corrected chi connectivity index (χ0v) is 18.3. The van der Waals surface area contributed by atoms with Crippen molar-refractivity contribution in [3.8, 4) is 17.5 Å². The number of pyridine rings is 1. The summed E-state index contributed by atoms with van der Waals surface area (Å²) >= 11 is 0. The number of carbonyl (C=O) groups is 1. The van der Waals surface area contributed by atoms with Gasteiger partial charge in [0.1, 0.15) is 11.9 Å². The highest BCUT2D eigenvalue weighted by atomic mass is 16.2. The van der Waals surface area contributed by atoms with Crippen LogP contribution >= 0.6 is 0 Å². The number of amides is 1. The fourth-order valence-corrected chi connectivity index (χ4v) is 4.21. The van der Waals surface area contributed by atoms with E-state index in [2.05, 4.69) is 33.3 Å². The summed E-state index contributed by atoms with van der Waals surface area (Å²) < 4.78 is 0. The molecule has 1 amide bonds. The third-order valence-electron chi connectivity index (χ3n) is 5.97. The fourth-order valence-electron chi connectivity index (χ4n) is 4.21. The number of benzene rings is 1. The maximum absolute atomic E-state index is 13.8. The van der Waals surface area contributed by atoms with Gasteiger partial charge in [-0.25, -0.2) is 15.0 Å². The molecule has 0 bridgehead atoms. The van der Waals surface area contributed by atoms with Gasteiger partial charge in [0, 0.05) is 37.2 Å². The maximum Gasteiger partial charge on any atom is 0.254 e. The summed E-state index contributed by atoms with van der Waals surface area (Å²) in [6.07, 6.45) is 6.97. The minimum Gasteiger partial charge on any atom is -0.368 e. The number of nitrogens with one attached hydrogen (secondary N) is 1. The van der Waals surface area contributed by atoms with Crippen molar-refractivity contribution in [3.05, 3.63) is 71.7 Å². The molecule has 1 aromatic carbocycles.